The van der Waals surface area contributed by atoms with Crippen molar-refractivity contribution in [3.8, 4) is 0 Å². The van der Waals surface area contributed by atoms with Crippen molar-refractivity contribution in [3.05, 3.63) is 48.0 Å². The minimum Gasteiger partial charge on any atom is -0.313 e. The van der Waals surface area contributed by atoms with Crippen LogP contribution < -0.4 is 5.43 Å². The molecule has 0 saturated heterocycles. The molecule has 0 aromatic heterocycles. The van der Waals surface area contributed by atoms with Crippen molar-refractivity contribution in [2.24, 2.45) is 5.10 Å². The van der Waals surface area contributed by atoms with Gasteiger partial charge in [-0.2, -0.15) is 5.10 Å². The second-order valence-electron chi connectivity index (χ2n) is 3.22. The zero-order chi connectivity index (χ0) is 10.4. The Labute approximate surface area is 85.3 Å². The number of nitrogens with zero attached hydrogens (tertiary/aromatic N) is 1. The molecule has 2 nitrogen and oxygen atoms in total. The minimum absolute atomic E-state index is 0.830. The van der Waals surface area contributed by atoms with Crippen LogP contribution in [0.1, 0.15) is 12.5 Å². The topological polar surface area (TPSA) is 24.4 Å². The molecule has 0 unspecified atom stereocenters. The van der Waals surface area contributed by atoms with Gasteiger partial charge in [0.05, 0.1) is 5.71 Å². The van der Waals surface area contributed by atoms with E-state index in [0.717, 1.165) is 17.7 Å². The number of benzene rings is 1. The highest BCUT2D eigenvalue weighted by Crippen LogP contribution is 2.05. The minimum atomic E-state index is 0.830. The second kappa shape index (κ2) is 5.22. The lowest BCUT2D eigenvalue weighted by molar-refractivity contribution is 0.893. The van der Waals surface area contributed by atoms with Crippen LogP contribution in [0.3, 0.4) is 0 Å². The van der Waals surface area contributed by atoms with Gasteiger partial charge in [-0.3, -0.25) is 0 Å². The predicted molar refractivity (Wildman–Crippen MR) is 61.5 cm³/mol. The molecule has 0 bridgehead atoms. The summed E-state index contributed by atoms with van der Waals surface area (Å²) in [6.07, 6.45) is 0.830. The molecule has 0 fully saturated rings. The summed E-state index contributed by atoms with van der Waals surface area (Å²) < 4.78 is 0. The summed E-state index contributed by atoms with van der Waals surface area (Å²) in [5, 5.41) is 4.19. The Hall–Kier alpha value is -1.57. The van der Waals surface area contributed by atoms with Crippen molar-refractivity contribution in [1.82, 2.24) is 5.43 Å². The number of nitrogens with one attached hydrogen (secondary N) is 1. The fraction of sp³-hybridized carbons (Fsp3) is 0.250. The van der Waals surface area contributed by atoms with Crippen molar-refractivity contribution in [1.29, 1.82) is 0 Å². The maximum absolute atomic E-state index is 4.19. The molecule has 74 valence electrons. The van der Waals surface area contributed by atoms with E-state index in [-0.39, 0.29) is 0 Å². The van der Waals surface area contributed by atoms with Crippen LogP contribution in [0.4, 0.5) is 0 Å². The zero-order valence-corrected chi connectivity index (χ0v) is 8.75. The Kier molecular flexibility index (Phi) is 3.92. The van der Waals surface area contributed by atoms with Crippen molar-refractivity contribution in [2.45, 2.75) is 13.3 Å². The molecule has 1 N–H and O–H groups in total. The van der Waals surface area contributed by atoms with E-state index >= 15 is 0 Å². The highest BCUT2D eigenvalue weighted by Gasteiger charge is 2.01. The second-order valence-corrected chi connectivity index (χ2v) is 3.22. The van der Waals surface area contributed by atoms with Gasteiger partial charge in [-0.05, 0) is 18.1 Å². The predicted octanol–water partition coefficient (Wildman–Crippen LogP) is 2.38. The fourth-order valence-electron chi connectivity index (χ4n) is 1.21. The molecule has 1 aromatic carbocycles. The van der Waals surface area contributed by atoms with Crippen molar-refractivity contribution in [2.75, 3.05) is 7.05 Å². The average molecular weight is 188 g/mol. The van der Waals surface area contributed by atoms with Crippen molar-refractivity contribution in [3.63, 3.8) is 0 Å². The Morgan fingerprint density at radius 2 is 2.00 bits per heavy atom. The molecule has 0 radical (unpaired) electrons. The van der Waals surface area contributed by atoms with Gasteiger partial charge < -0.3 is 5.43 Å². The first-order chi connectivity index (χ1) is 6.74. The van der Waals surface area contributed by atoms with Crippen LogP contribution in [-0.2, 0) is 6.42 Å². The Balaban J connectivity index is 2.76. The van der Waals surface area contributed by atoms with Gasteiger partial charge >= 0.3 is 0 Å². The van der Waals surface area contributed by atoms with Crippen LogP contribution in [-0.4, -0.2) is 12.8 Å². The third kappa shape index (κ3) is 3.05. The van der Waals surface area contributed by atoms with Gasteiger partial charge in [0.25, 0.3) is 0 Å². The maximum atomic E-state index is 4.19. The Bertz CT molecular complexity index is 325. The van der Waals surface area contributed by atoms with Gasteiger partial charge in [0, 0.05) is 13.5 Å². The average Bonchev–Trinajstić information content (AvgIpc) is 2.18. The molecule has 1 rings (SSSR count). The molecule has 0 atom stereocenters. The van der Waals surface area contributed by atoms with Crippen molar-refractivity contribution < 1.29 is 0 Å². The number of hydrogen-bond acceptors (Lipinski definition) is 2. The number of allylic oxidation sites excluding steroid dienone is 1. The highest BCUT2D eigenvalue weighted by molar-refractivity contribution is 6.00. The van der Waals surface area contributed by atoms with Crippen LogP contribution in [0, 0.1) is 0 Å². The van der Waals surface area contributed by atoms with Crippen molar-refractivity contribution >= 4 is 5.71 Å². The van der Waals surface area contributed by atoms with Gasteiger partial charge in [-0.15, -0.1) is 0 Å². The molecule has 0 spiro atoms. The lowest BCUT2D eigenvalue weighted by Crippen LogP contribution is -2.09. The van der Waals surface area contributed by atoms with E-state index in [1.165, 1.54) is 5.56 Å². The number of rotatable bonds is 4. The maximum Gasteiger partial charge on any atom is 0.0669 e. The monoisotopic (exact) mass is 188 g/mol. The van der Waals surface area contributed by atoms with E-state index < -0.39 is 0 Å². The standard InChI is InChI=1S/C12H16N2/c1-10(2)12(14-13-3)9-11-7-5-4-6-8-11/h4-8,13H,1,9H2,2-3H3/b14-12-. The Morgan fingerprint density at radius 3 is 2.50 bits per heavy atom. The first-order valence-corrected chi connectivity index (χ1v) is 4.67. The van der Waals surface area contributed by atoms with E-state index in [0.29, 0.717) is 0 Å². The van der Waals surface area contributed by atoms with Crippen LogP contribution >= 0.6 is 0 Å². The fourth-order valence-corrected chi connectivity index (χ4v) is 1.21. The lowest BCUT2D eigenvalue weighted by Gasteiger charge is -2.05. The van der Waals surface area contributed by atoms with Crippen LogP contribution in [0.2, 0.25) is 0 Å². The first kappa shape index (κ1) is 10.5. The summed E-state index contributed by atoms with van der Waals surface area (Å²) in [5.41, 5.74) is 6.05. The first-order valence-electron chi connectivity index (χ1n) is 4.67. The van der Waals surface area contributed by atoms with E-state index in [1.807, 2.05) is 25.1 Å². The highest BCUT2D eigenvalue weighted by atomic mass is 15.3. The third-order valence-corrected chi connectivity index (χ3v) is 1.95. The Morgan fingerprint density at radius 1 is 1.36 bits per heavy atom. The SMILES string of the molecule is C=C(C)/C(Cc1ccccc1)=N\NC. The number of hydrazone groups is 1. The number of hydrogen-bond donors (Lipinski definition) is 1. The van der Waals surface area contributed by atoms with Crippen LogP contribution in [0.25, 0.3) is 0 Å². The van der Waals surface area contributed by atoms with Gasteiger partial charge in [0.2, 0.25) is 0 Å². The summed E-state index contributed by atoms with van der Waals surface area (Å²) in [6, 6.07) is 10.3. The molecular weight excluding hydrogens is 172 g/mol. The molecule has 1 aromatic rings. The largest absolute Gasteiger partial charge is 0.313 e. The van der Waals surface area contributed by atoms with E-state index in [4.69, 9.17) is 0 Å². The van der Waals surface area contributed by atoms with Gasteiger partial charge in [-0.1, -0.05) is 36.9 Å². The summed E-state index contributed by atoms with van der Waals surface area (Å²) >= 11 is 0. The van der Waals surface area contributed by atoms with E-state index in [1.54, 1.807) is 7.05 Å². The zero-order valence-electron chi connectivity index (χ0n) is 8.75. The molecule has 14 heavy (non-hydrogen) atoms. The molecule has 0 amide bonds. The molecular formula is C12H16N2. The van der Waals surface area contributed by atoms with Crippen LogP contribution in [0.5, 0.6) is 0 Å². The van der Waals surface area contributed by atoms with Gasteiger partial charge in [-0.25, -0.2) is 0 Å². The van der Waals surface area contributed by atoms with Gasteiger partial charge in [0.1, 0.15) is 0 Å². The smallest absolute Gasteiger partial charge is 0.0669 e. The van der Waals surface area contributed by atoms with E-state index in [2.05, 4.69) is 29.2 Å². The lowest BCUT2D eigenvalue weighted by atomic mass is 10.0. The molecule has 2 heteroatoms. The molecule has 0 aliphatic heterocycles. The molecule has 0 saturated carbocycles. The van der Waals surface area contributed by atoms with Gasteiger partial charge in [0.15, 0.2) is 0 Å². The quantitative estimate of drug-likeness (QED) is 0.569. The summed E-state index contributed by atoms with van der Waals surface area (Å²) in [7, 11) is 1.80. The normalized spacial score (nSPS) is 11.1. The summed E-state index contributed by atoms with van der Waals surface area (Å²) in [5.74, 6) is 0. The van der Waals surface area contributed by atoms with E-state index in [9.17, 15) is 0 Å². The molecule has 0 aliphatic carbocycles. The third-order valence-electron chi connectivity index (χ3n) is 1.95. The molecule has 0 heterocycles. The van der Waals surface area contributed by atoms with Crippen LogP contribution in [0.15, 0.2) is 47.6 Å². The summed E-state index contributed by atoms with van der Waals surface area (Å²) in [6.45, 7) is 5.87. The summed E-state index contributed by atoms with van der Waals surface area (Å²) in [4.78, 5) is 0. The molecule has 0 aliphatic rings.